The lowest BCUT2D eigenvalue weighted by Gasteiger charge is -2.26. The Morgan fingerprint density at radius 2 is 1.67 bits per heavy atom. The highest BCUT2D eigenvalue weighted by Gasteiger charge is 2.10. The lowest BCUT2D eigenvalue weighted by atomic mass is 10.1. The molecule has 1 rings (SSSR count). The average molecular weight is 248 g/mol. The van der Waals surface area contributed by atoms with Gasteiger partial charge in [0.2, 0.25) is 0 Å². The van der Waals surface area contributed by atoms with E-state index in [1.54, 1.807) is 0 Å². The highest BCUT2D eigenvalue weighted by atomic mass is 15.1. The number of rotatable bonds is 7. The van der Waals surface area contributed by atoms with Crippen LogP contribution in [0.5, 0.6) is 0 Å². The zero-order valence-corrected chi connectivity index (χ0v) is 12.5. The van der Waals surface area contributed by atoms with Gasteiger partial charge in [0, 0.05) is 25.2 Å². The molecule has 0 atom stereocenters. The molecule has 0 aliphatic heterocycles. The highest BCUT2D eigenvalue weighted by Crippen LogP contribution is 2.13. The van der Waals surface area contributed by atoms with Gasteiger partial charge in [0.15, 0.2) is 0 Å². The van der Waals surface area contributed by atoms with Gasteiger partial charge in [-0.2, -0.15) is 0 Å². The van der Waals surface area contributed by atoms with Crippen LogP contribution in [0.25, 0.3) is 0 Å². The molecule has 0 unspecified atom stereocenters. The van der Waals surface area contributed by atoms with Crippen LogP contribution in [0.3, 0.4) is 0 Å². The summed E-state index contributed by atoms with van der Waals surface area (Å²) >= 11 is 0. The highest BCUT2D eigenvalue weighted by molar-refractivity contribution is 5.27. The Bertz CT molecular complexity index is 345. The molecule has 1 aromatic rings. The number of benzene rings is 1. The minimum Gasteiger partial charge on any atom is -0.310 e. The van der Waals surface area contributed by atoms with Crippen LogP contribution >= 0.6 is 0 Å². The summed E-state index contributed by atoms with van der Waals surface area (Å²) in [5.74, 6) is 0. The van der Waals surface area contributed by atoms with Crippen LogP contribution in [-0.4, -0.2) is 23.5 Å². The molecule has 2 nitrogen and oxygen atoms in total. The second-order valence-corrected chi connectivity index (χ2v) is 5.46. The van der Waals surface area contributed by atoms with Crippen LogP contribution in [0.1, 0.15) is 45.7 Å². The van der Waals surface area contributed by atoms with Gasteiger partial charge in [0.1, 0.15) is 0 Å². The van der Waals surface area contributed by atoms with E-state index in [9.17, 15) is 0 Å². The maximum Gasteiger partial charge on any atom is 0.0239 e. The van der Waals surface area contributed by atoms with Gasteiger partial charge < -0.3 is 5.32 Å². The summed E-state index contributed by atoms with van der Waals surface area (Å²) in [6.45, 7) is 14.2. The van der Waals surface area contributed by atoms with Crippen LogP contribution in [-0.2, 0) is 13.1 Å². The Balaban J connectivity index is 2.74. The average Bonchev–Trinajstić information content (AvgIpc) is 2.34. The number of hydrogen-bond acceptors (Lipinski definition) is 2. The van der Waals surface area contributed by atoms with E-state index in [0.717, 1.165) is 19.6 Å². The van der Waals surface area contributed by atoms with E-state index in [1.165, 1.54) is 11.1 Å². The minimum atomic E-state index is 0.533. The van der Waals surface area contributed by atoms with Crippen molar-refractivity contribution in [3.05, 3.63) is 35.4 Å². The van der Waals surface area contributed by atoms with Crippen LogP contribution < -0.4 is 5.32 Å². The van der Waals surface area contributed by atoms with Crippen LogP contribution in [0.15, 0.2) is 24.3 Å². The maximum atomic E-state index is 3.50. The van der Waals surface area contributed by atoms with Crippen molar-refractivity contribution in [2.75, 3.05) is 6.54 Å². The fourth-order valence-electron chi connectivity index (χ4n) is 2.08. The Kier molecular flexibility index (Phi) is 6.37. The topological polar surface area (TPSA) is 15.3 Å². The molecule has 0 spiro atoms. The second-order valence-electron chi connectivity index (χ2n) is 5.46. The third-order valence-electron chi connectivity index (χ3n) is 3.33. The van der Waals surface area contributed by atoms with Gasteiger partial charge in [0.05, 0.1) is 0 Å². The summed E-state index contributed by atoms with van der Waals surface area (Å²) in [4.78, 5) is 2.49. The van der Waals surface area contributed by atoms with Crippen molar-refractivity contribution in [1.82, 2.24) is 10.2 Å². The van der Waals surface area contributed by atoms with E-state index in [0.29, 0.717) is 12.1 Å². The van der Waals surface area contributed by atoms with Crippen molar-refractivity contribution in [3.63, 3.8) is 0 Å². The first-order valence-corrected chi connectivity index (χ1v) is 7.08. The Morgan fingerprint density at radius 1 is 1.06 bits per heavy atom. The first-order valence-electron chi connectivity index (χ1n) is 7.08. The van der Waals surface area contributed by atoms with Gasteiger partial charge >= 0.3 is 0 Å². The summed E-state index contributed by atoms with van der Waals surface area (Å²) in [6.07, 6.45) is 0. The third-order valence-corrected chi connectivity index (χ3v) is 3.33. The molecular weight excluding hydrogens is 220 g/mol. The van der Waals surface area contributed by atoms with Gasteiger partial charge in [-0.15, -0.1) is 0 Å². The second kappa shape index (κ2) is 7.55. The van der Waals surface area contributed by atoms with Crippen molar-refractivity contribution in [3.8, 4) is 0 Å². The number of hydrogen-bond donors (Lipinski definition) is 1. The molecule has 0 aromatic heterocycles. The molecule has 0 heterocycles. The van der Waals surface area contributed by atoms with Crippen LogP contribution in [0.4, 0.5) is 0 Å². The van der Waals surface area contributed by atoms with Crippen molar-refractivity contribution in [1.29, 1.82) is 0 Å². The minimum absolute atomic E-state index is 0.533. The van der Waals surface area contributed by atoms with Crippen molar-refractivity contribution in [2.24, 2.45) is 0 Å². The Morgan fingerprint density at radius 3 is 2.17 bits per heavy atom. The summed E-state index contributed by atoms with van der Waals surface area (Å²) < 4.78 is 0. The van der Waals surface area contributed by atoms with Crippen molar-refractivity contribution < 1.29 is 0 Å². The summed E-state index contributed by atoms with van der Waals surface area (Å²) in [5.41, 5.74) is 2.87. The van der Waals surface area contributed by atoms with E-state index >= 15 is 0 Å². The molecule has 0 bridgehead atoms. The SMILES string of the molecule is CCN(Cc1ccccc1CNC(C)C)C(C)C. The third kappa shape index (κ3) is 4.79. The molecule has 102 valence electrons. The molecule has 2 heteroatoms. The van der Waals surface area contributed by atoms with E-state index in [-0.39, 0.29) is 0 Å². The normalized spacial score (nSPS) is 11.8. The zero-order chi connectivity index (χ0) is 13.5. The Hall–Kier alpha value is -0.860. The number of nitrogens with one attached hydrogen (secondary N) is 1. The summed E-state index contributed by atoms with van der Waals surface area (Å²) in [5, 5.41) is 3.50. The predicted molar refractivity (Wildman–Crippen MR) is 79.6 cm³/mol. The molecule has 18 heavy (non-hydrogen) atoms. The summed E-state index contributed by atoms with van der Waals surface area (Å²) in [6, 6.07) is 9.89. The van der Waals surface area contributed by atoms with Crippen molar-refractivity contribution in [2.45, 2.75) is 59.8 Å². The van der Waals surface area contributed by atoms with E-state index in [4.69, 9.17) is 0 Å². The van der Waals surface area contributed by atoms with E-state index in [2.05, 4.69) is 69.1 Å². The van der Waals surface area contributed by atoms with Gasteiger partial charge in [-0.3, -0.25) is 4.90 Å². The van der Waals surface area contributed by atoms with Gasteiger partial charge in [0.25, 0.3) is 0 Å². The van der Waals surface area contributed by atoms with E-state index in [1.807, 2.05) is 0 Å². The maximum absolute atomic E-state index is 3.50. The lowest BCUT2D eigenvalue weighted by molar-refractivity contribution is 0.224. The largest absolute Gasteiger partial charge is 0.310 e. The van der Waals surface area contributed by atoms with Gasteiger partial charge in [-0.1, -0.05) is 45.0 Å². The zero-order valence-electron chi connectivity index (χ0n) is 12.5. The molecule has 0 fully saturated rings. The first-order chi connectivity index (χ1) is 8.54. The monoisotopic (exact) mass is 248 g/mol. The van der Waals surface area contributed by atoms with Gasteiger partial charge in [-0.25, -0.2) is 0 Å². The molecule has 1 aromatic carbocycles. The molecule has 0 aliphatic carbocycles. The van der Waals surface area contributed by atoms with Crippen LogP contribution in [0, 0.1) is 0 Å². The quantitative estimate of drug-likeness (QED) is 0.795. The molecule has 0 radical (unpaired) electrons. The molecule has 0 aliphatic rings. The molecule has 1 N–H and O–H groups in total. The van der Waals surface area contributed by atoms with Crippen molar-refractivity contribution >= 4 is 0 Å². The first kappa shape index (κ1) is 15.2. The fraction of sp³-hybridized carbons (Fsp3) is 0.625. The predicted octanol–water partition coefficient (Wildman–Crippen LogP) is 3.41. The van der Waals surface area contributed by atoms with Crippen LogP contribution in [0.2, 0.25) is 0 Å². The molecule has 0 saturated carbocycles. The smallest absolute Gasteiger partial charge is 0.0239 e. The number of nitrogens with zero attached hydrogens (tertiary/aromatic N) is 1. The lowest BCUT2D eigenvalue weighted by Crippen LogP contribution is -2.31. The summed E-state index contributed by atoms with van der Waals surface area (Å²) in [7, 11) is 0. The standard InChI is InChI=1S/C16H28N2/c1-6-18(14(4)5)12-16-10-8-7-9-15(16)11-17-13(2)3/h7-10,13-14,17H,6,11-12H2,1-5H3. The van der Waals surface area contributed by atoms with Gasteiger partial charge in [-0.05, 0) is 31.5 Å². The molecule has 0 amide bonds. The molecular formula is C16H28N2. The molecule has 0 saturated heterocycles. The van der Waals surface area contributed by atoms with E-state index < -0.39 is 0 Å². The fourth-order valence-corrected chi connectivity index (χ4v) is 2.08. The Labute approximate surface area is 112 Å².